The molecule has 0 heterocycles. The standard InChI is InChI=1S/C9H13O/c10-7-9-5-1-3-8(9)4-2-6-9/h8H,1-6H2. The largest absolute Gasteiger partial charge is 0.290 e. The van der Waals surface area contributed by atoms with Crippen LogP contribution in [0.15, 0.2) is 0 Å². The Morgan fingerprint density at radius 3 is 2.20 bits per heavy atom. The van der Waals surface area contributed by atoms with E-state index in [9.17, 15) is 4.79 Å². The molecule has 0 saturated heterocycles. The zero-order chi connectivity index (χ0) is 7.03. The Morgan fingerprint density at radius 1 is 1.20 bits per heavy atom. The van der Waals surface area contributed by atoms with Gasteiger partial charge < -0.3 is 0 Å². The molecule has 2 saturated carbocycles. The lowest BCUT2D eigenvalue weighted by molar-refractivity contribution is 0.338. The van der Waals surface area contributed by atoms with Crippen LogP contribution in [0.4, 0.5) is 0 Å². The molecule has 1 radical (unpaired) electrons. The molecule has 0 bridgehead atoms. The van der Waals surface area contributed by atoms with E-state index in [1.54, 1.807) is 0 Å². The molecule has 55 valence electrons. The van der Waals surface area contributed by atoms with Gasteiger partial charge >= 0.3 is 0 Å². The first kappa shape index (κ1) is 6.38. The Labute approximate surface area is 61.8 Å². The summed E-state index contributed by atoms with van der Waals surface area (Å²) < 4.78 is 0. The van der Waals surface area contributed by atoms with Crippen molar-refractivity contribution in [3.05, 3.63) is 0 Å². The molecule has 0 aliphatic heterocycles. The molecular formula is C9H13O. The van der Waals surface area contributed by atoms with E-state index < -0.39 is 0 Å². The van der Waals surface area contributed by atoms with E-state index in [4.69, 9.17) is 0 Å². The predicted octanol–water partition coefficient (Wildman–Crippen LogP) is 2.07. The van der Waals surface area contributed by atoms with Crippen LogP contribution in [-0.2, 0) is 4.79 Å². The maximum absolute atomic E-state index is 10.7. The lowest BCUT2D eigenvalue weighted by Gasteiger charge is -2.19. The van der Waals surface area contributed by atoms with Crippen LogP contribution in [0, 0.1) is 11.3 Å². The van der Waals surface area contributed by atoms with Gasteiger partial charge in [0.2, 0.25) is 6.29 Å². The minimum atomic E-state index is 0.0417. The van der Waals surface area contributed by atoms with Crippen LogP contribution in [0.1, 0.15) is 38.5 Å². The van der Waals surface area contributed by atoms with Crippen molar-refractivity contribution >= 4 is 6.29 Å². The Balaban J connectivity index is 2.23. The Kier molecular flexibility index (Phi) is 1.33. The van der Waals surface area contributed by atoms with E-state index in [0.29, 0.717) is 5.92 Å². The third-order valence-corrected chi connectivity index (χ3v) is 3.34. The summed E-state index contributed by atoms with van der Waals surface area (Å²) in [6.45, 7) is 0. The van der Waals surface area contributed by atoms with Gasteiger partial charge in [-0.25, -0.2) is 0 Å². The molecule has 0 amide bonds. The topological polar surface area (TPSA) is 17.1 Å². The van der Waals surface area contributed by atoms with Crippen molar-refractivity contribution in [2.75, 3.05) is 0 Å². The first-order valence-electron chi connectivity index (χ1n) is 4.27. The smallest absolute Gasteiger partial charge is 0.205 e. The number of rotatable bonds is 1. The molecule has 10 heavy (non-hydrogen) atoms. The molecule has 0 atom stereocenters. The van der Waals surface area contributed by atoms with Crippen molar-refractivity contribution in [1.29, 1.82) is 0 Å². The van der Waals surface area contributed by atoms with E-state index in [1.807, 2.05) is 0 Å². The lowest BCUT2D eigenvalue weighted by atomic mass is 9.82. The van der Waals surface area contributed by atoms with Gasteiger partial charge in [-0.3, -0.25) is 4.79 Å². The minimum Gasteiger partial charge on any atom is -0.290 e. The summed E-state index contributed by atoms with van der Waals surface area (Å²) in [5, 5.41) is 0. The van der Waals surface area contributed by atoms with E-state index in [1.165, 1.54) is 25.7 Å². The average Bonchev–Trinajstić information content (AvgIpc) is 2.42. The van der Waals surface area contributed by atoms with Crippen LogP contribution >= 0.6 is 0 Å². The third-order valence-electron chi connectivity index (χ3n) is 3.34. The molecule has 0 unspecified atom stereocenters. The molecule has 1 heteroatoms. The first-order valence-corrected chi connectivity index (χ1v) is 4.27. The van der Waals surface area contributed by atoms with Crippen molar-refractivity contribution in [3.8, 4) is 0 Å². The fourth-order valence-corrected chi connectivity index (χ4v) is 2.74. The Morgan fingerprint density at radius 2 is 1.80 bits per heavy atom. The van der Waals surface area contributed by atoms with E-state index in [2.05, 4.69) is 6.29 Å². The van der Waals surface area contributed by atoms with Crippen molar-refractivity contribution in [1.82, 2.24) is 0 Å². The summed E-state index contributed by atoms with van der Waals surface area (Å²) in [6, 6.07) is 0. The van der Waals surface area contributed by atoms with Crippen LogP contribution in [0.25, 0.3) is 0 Å². The zero-order valence-corrected chi connectivity index (χ0v) is 6.23. The highest BCUT2D eigenvalue weighted by molar-refractivity contribution is 5.62. The molecule has 1 nitrogen and oxygen atoms in total. The van der Waals surface area contributed by atoms with Gasteiger partial charge in [0.05, 0.1) is 0 Å². The molecule has 2 aliphatic carbocycles. The van der Waals surface area contributed by atoms with Gasteiger partial charge in [0.25, 0.3) is 0 Å². The fraction of sp³-hybridized carbons (Fsp3) is 0.889. The number of hydrogen-bond acceptors (Lipinski definition) is 1. The lowest BCUT2D eigenvalue weighted by Crippen LogP contribution is -2.20. The highest BCUT2D eigenvalue weighted by atomic mass is 16.1. The highest BCUT2D eigenvalue weighted by Gasteiger charge is 2.46. The van der Waals surface area contributed by atoms with Gasteiger partial charge in [-0.2, -0.15) is 0 Å². The fourth-order valence-electron chi connectivity index (χ4n) is 2.74. The maximum atomic E-state index is 10.7. The quantitative estimate of drug-likeness (QED) is 0.540. The van der Waals surface area contributed by atoms with Crippen LogP contribution in [0.2, 0.25) is 0 Å². The molecule has 0 spiro atoms. The van der Waals surface area contributed by atoms with Gasteiger partial charge in [-0.1, -0.05) is 12.8 Å². The summed E-state index contributed by atoms with van der Waals surface area (Å²) in [5.74, 6) is 0.713. The minimum absolute atomic E-state index is 0.0417. The average molecular weight is 137 g/mol. The Hall–Kier alpha value is -0.330. The van der Waals surface area contributed by atoms with Gasteiger partial charge in [0.15, 0.2) is 0 Å². The molecule has 0 aromatic rings. The number of hydrogen-bond donors (Lipinski definition) is 0. The second kappa shape index (κ2) is 2.08. The first-order chi connectivity index (χ1) is 4.87. The normalized spacial score (nSPS) is 45.4. The molecule has 2 fully saturated rings. The predicted molar refractivity (Wildman–Crippen MR) is 39.3 cm³/mol. The molecule has 2 rings (SSSR count). The number of carbonyl (C=O) groups excluding carboxylic acids is 1. The Bertz CT molecular complexity index is 141. The van der Waals surface area contributed by atoms with Crippen molar-refractivity contribution < 1.29 is 4.79 Å². The van der Waals surface area contributed by atoms with Crippen LogP contribution in [0.3, 0.4) is 0 Å². The molecule has 0 N–H and O–H groups in total. The molecule has 0 aromatic heterocycles. The van der Waals surface area contributed by atoms with Crippen LogP contribution in [0.5, 0.6) is 0 Å². The van der Waals surface area contributed by atoms with E-state index in [-0.39, 0.29) is 5.41 Å². The molecule has 0 aromatic carbocycles. The van der Waals surface area contributed by atoms with E-state index in [0.717, 1.165) is 12.8 Å². The molecular weight excluding hydrogens is 124 g/mol. The van der Waals surface area contributed by atoms with Crippen LogP contribution < -0.4 is 0 Å². The van der Waals surface area contributed by atoms with Crippen LogP contribution in [-0.4, -0.2) is 6.29 Å². The maximum Gasteiger partial charge on any atom is 0.205 e. The van der Waals surface area contributed by atoms with Crippen molar-refractivity contribution in [3.63, 3.8) is 0 Å². The van der Waals surface area contributed by atoms with Gasteiger partial charge in [0.1, 0.15) is 0 Å². The summed E-state index contributed by atoms with van der Waals surface area (Å²) in [7, 11) is 0. The molecule has 2 aliphatic rings. The summed E-state index contributed by atoms with van der Waals surface area (Å²) >= 11 is 0. The number of fused-ring (bicyclic) bond motifs is 1. The van der Waals surface area contributed by atoms with E-state index >= 15 is 0 Å². The third kappa shape index (κ3) is 0.664. The zero-order valence-electron chi connectivity index (χ0n) is 6.23. The SMILES string of the molecule is O=[C]C12CCCC1CCC2. The second-order valence-corrected chi connectivity index (χ2v) is 3.74. The summed E-state index contributed by atoms with van der Waals surface area (Å²) in [4.78, 5) is 10.7. The van der Waals surface area contributed by atoms with Crippen molar-refractivity contribution in [2.45, 2.75) is 38.5 Å². The monoisotopic (exact) mass is 137 g/mol. The summed E-state index contributed by atoms with van der Waals surface area (Å²) in [6.07, 6.45) is 9.64. The summed E-state index contributed by atoms with van der Waals surface area (Å²) in [5.41, 5.74) is 0.0417. The highest BCUT2D eigenvalue weighted by Crippen LogP contribution is 2.52. The van der Waals surface area contributed by atoms with Gasteiger partial charge in [0, 0.05) is 5.41 Å². The second-order valence-electron chi connectivity index (χ2n) is 3.74. The van der Waals surface area contributed by atoms with Gasteiger partial charge in [-0.05, 0) is 31.6 Å². The van der Waals surface area contributed by atoms with Crippen molar-refractivity contribution in [2.24, 2.45) is 11.3 Å². The van der Waals surface area contributed by atoms with Gasteiger partial charge in [-0.15, -0.1) is 0 Å².